The third-order valence-electron chi connectivity index (χ3n) is 3.65. The molecule has 130 valence electrons. The summed E-state index contributed by atoms with van der Waals surface area (Å²) in [7, 11) is 3.19. The number of ether oxygens (including phenoxy) is 2. The number of aromatic nitrogens is 1. The van der Waals surface area contributed by atoms with Crippen LogP contribution in [0, 0.1) is 0 Å². The minimum Gasteiger partial charge on any atom is -0.493 e. The number of benzene rings is 1. The van der Waals surface area contributed by atoms with Crippen LogP contribution in [0.3, 0.4) is 0 Å². The molecule has 2 heterocycles. The fourth-order valence-electron chi connectivity index (χ4n) is 2.41. The van der Waals surface area contributed by atoms with E-state index in [0.29, 0.717) is 24.5 Å². The number of amides is 1. The van der Waals surface area contributed by atoms with Gasteiger partial charge in [0, 0.05) is 11.4 Å². The molecule has 0 atom stereocenters. The summed E-state index contributed by atoms with van der Waals surface area (Å²) in [5.74, 6) is 1.29. The van der Waals surface area contributed by atoms with Crippen LogP contribution in [0.1, 0.15) is 10.4 Å². The third kappa shape index (κ3) is 4.18. The first-order valence-corrected chi connectivity index (χ1v) is 9.41. The van der Waals surface area contributed by atoms with Gasteiger partial charge in [-0.15, -0.1) is 22.7 Å². The first kappa shape index (κ1) is 17.4. The van der Waals surface area contributed by atoms with Gasteiger partial charge in [0.1, 0.15) is 0 Å². The smallest absolute Gasteiger partial charge is 0.225 e. The van der Waals surface area contributed by atoms with E-state index in [1.165, 1.54) is 11.3 Å². The molecule has 1 amide bonds. The summed E-state index contributed by atoms with van der Waals surface area (Å²) in [5, 5.41) is 4.96. The van der Waals surface area contributed by atoms with Crippen LogP contribution in [0.5, 0.6) is 11.5 Å². The van der Waals surface area contributed by atoms with Crippen molar-refractivity contribution in [2.75, 3.05) is 14.2 Å². The Morgan fingerprint density at radius 3 is 2.72 bits per heavy atom. The van der Waals surface area contributed by atoms with E-state index >= 15 is 0 Å². The molecule has 3 rings (SSSR count). The molecular weight excluding hydrogens is 356 g/mol. The highest BCUT2D eigenvalue weighted by molar-refractivity contribution is 7.14. The van der Waals surface area contributed by atoms with Gasteiger partial charge in [-0.1, -0.05) is 12.1 Å². The summed E-state index contributed by atoms with van der Waals surface area (Å²) in [6.45, 7) is 0.437. The molecule has 1 N–H and O–H groups in total. The Bertz CT molecular complexity index is 844. The van der Waals surface area contributed by atoms with Gasteiger partial charge in [0.15, 0.2) is 11.5 Å². The normalized spacial score (nSPS) is 10.5. The molecule has 0 aliphatic carbocycles. The van der Waals surface area contributed by atoms with Crippen molar-refractivity contribution in [3.05, 3.63) is 51.7 Å². The van der Waals surface area contributed by atoms with Crippen molar-refractivity contribution in [2.24, 2.45) is 0 Å². The Hall–Kier alpha value is -2.38. The molecule has 25 heavy (non-hydrogen) atoms. The van der Waals surface area contributed by atoms with Gasteiger partial charge in [0.2, 0.25) is 5.91 Å². The maximum atomic E-state index is 12.3. The zero-order valence-electron chi connectivity index (χ0n) is 13.9. The number of methoxy groups -OCH3 is 2. The molecular formula is C18H18N2O3S2. The molecule has 0 saturated carbocycles. The molecule has 0 saturated heterocycles. The fourth-order valence-corrected chi connectivity index (χ4v) is 4.00. The number of nitrogens with zero attached hydrogens (tertiary/aromatic N) is 1. The van der Waals surface area contributed by atoms with Crippen LogP contribution in [0.4, 0.5) is 0 Å². The number of hydrogen-bond donors (Lipinski definition) is 1. The zero-order valence-corrected chi connectivity index (χ0v) is 15.6. The third-order valence-corrected chi connectivity index (χ3v) is 5.36. The van der Waals surface area contributed by atoms with Gasteiger partial charge in [0.05, 0.1) is 36.7 Å². The average molecular weight is 374 g/mol. The lowest BCUT2D eigenvalue weighted by molar-refractivity contribution is -0.120. The molecule has 0 bridgehead atoms. The lowest BCUT2D eigenvalue weighted by Gasteiger charge is -2.10. The molecule has 0 fully saturated rings. The predicted molar refractivity (Wildman–Crippen MR) is 101 cm³/mol. The van der Waals surface area contributed by atoms with E-state index in [1.54, 1.807) is 31.1 Å². The van der Waals surface area contributed by atoms with Crippen LogP contribution >= 0.6 is 22.7 Å². The molecule has 5 nitrogen and oxygen atoms in total. The van der Waals surface area contributed by atoms with Crippen molar-refractivity contribution in [2.45, 2.75) is 13.0 Å². The Kier molecular flexibility index (Phi) is 5.67. The van der Waals surface area contributed by atoms with Gasteiger partial charge in [0.25, 0.3) is 0 Å². The average Bonchev–Trinajstić information content (AvgIpc) is 3.31. The molecule has 3 aromatic rings. The van der Waals surface area contributed by atoms with Crippen LogP contribution in [0.15, 0.2) is 41.2 Å². The summed E-state index contributed by atoms with van der Waals surface area (Å²) in [5.41, 5.74) is 3.64. The van der Waals surface area contributed by atoms with E-state index in [-0.39, 0.29) is 5.91 Å². The number of carbonyl (C=O) groups is 1. The maximum Gasteiger partial charge on any atom is 0.225 e. The van der Waals surface area contributed by atoms with Crippen molar-refractivity contribution >= 4 is 28.6 Å². The number of carbonyl (C=O) groups excluding carboxylic acids is 1. The Labute approximate surface area is 154 Å². The van der Waals surface area contributed by atoms with Crippen molar-refractivity contribution in [3.8, 4) is 22.1 Å². The SMILES string of the molecule is COc1ccc(CNC(=O)Cc2scnc2-c2cccs2)cc1OC. The first-order chi connectivity index (χ1) is 12.2. The fraction of sp³-hybridized carbons (Fsp3) is 0.222. The lowest BCUT2D eigenvalue weighted by atomic mass is 10.2. The van der Waals surface area contributed by atoms with Crippen LogP contribution in [0.25, 0.3) is 10.6 Å². The molecule has 0 spiro atoms. The van der Waals surface area contributed by atoms with Gasteiger partial charge in [-0.05, 0) is 29.1 Å². The predicted octanol–water partition coefficient (Wildman–Crippen LogP) is 3.75. The van der Waals surface area contributed by atoms with E-state index in [4.69, 9.17) is 9.47 Å². The van der Waals surface area contributed by atoms with E-state index in [9.17, 15) is 4.79 Å². The standard InChI is InChI=1S/C18H18N2O3S2/c1-22-13-6-5-12(8-14(13)23-2)10-19-17(21)9-16-18(20-11-25-16)15-4-3-7-24-15/h3-8,11H,9-10H2,1-2H3,(H,19,21). The number of hydrogen-bond acceptors (Lipinski definition) is 6. The van der Waals surface area contributed by atoms with Crippen molar-refractivity contribution < 1.29 is 14.3 Å². The number of thiophene rings is 1. The van der Waals surface area contributed by atoms with Crippen LogP contribution in [-0.4, -0.2) is 25.1 Å². The first-order valence-electron chi connectivity index (χ1n) is 7.65. The summed E-state index contributed by atoms with van der Waals surface area (Å²) in [4.78, 5) is 18.8. The second-order valence-electron chi connectivity index (χ2n) is 5.24. The van der Waals surface area contributed by atoms with Crippen LogP contribution in [0.2, 0.25) is 0 Å². The Morgan fingerprint density at radius 1 is 1.16 bits per heavy atom. The summed E-state index contributed by atoms with van der Waals surface area (Å²) in [6, 6.07) is 9.61. The van der Waals surface area contributed by atoms with Crippen molar-refractivity contribution in [1.29, 1.82) is 0 Å². The van der Waals surface area contributed by atoms with Crippen LogP contribution in [-0.2, 0) is 17.8 Å². The van der Waals surface area contributed by atoms with E-state index < -0.39 is 0 Å². The van der Waals surface area contributed by atoms with Gasteiger partial charge < -0.3 is 14.8 Å². The van der Waals surface area contributed by atoms with E-state index in [2.05, 4.69) is 10.3 Å². The van der Waals surface area contributed by atoms with Crippen LogP contribution < -0.4 is 14.8 Å². The molecule has 2 aromatic heterocycles. The Morgan fingerprint density at radius 2 is 2.00 bits per heavy atom. The maximum absolute atomic E-state index is 12.3. The highest BCUT2D eigenvalue weighted by Crippen LogP contribution is 2.30. The summed E-state index contributed by atoms with van der Waals surface area (Å²) >= 11 is 3.13. The second-order valence-corrected chi connectivity index (χ2v) is 7.13. The van der Waals surface area contributed by atoms with Gasteiger partial charge in [-0.25, -0.2) is 4.98 Å². The molecule has 1 aromatic carbocycles. The largest absolute Gasteiger partial charge is 0.493 e. The molecule has 0 aliphatic rings. The molecule has 0 unspecified atom stereocenters. The molecule has 0 radical (unpaired) electrons. The minimum absolute atomic E-state index is 0.0307. The number of nitrogens with one attached hydrogen (secondary N) is 1. The monoisotopic (exact) mass is 374 g/mol. The van der Waals surface area contributed by atoms with Gasteiger partial charge >= 0.3 is 0 Å². The quantitative estimate of drug-likeness (QED) is 0.684. The van der Waals surface area contributed by atoms with Gasteiger partial charge in [-0.2, -0.15) is 0 Å². The second kappa shape index (κ2) is 8.13. The van der Waals surface area contributed by atoms with Crippen molar-refractivity contribution in [1.82, 2.24) is 10.3 Å². The molecule has 7 heteroatoms. The Balaban J connectivity index is 1.62. The zero-order chi connectivity index (χ0) is 17.6. The van der Waals surface area contributed by atoms with Crippen molar-refractivity contribution in [3.63, 3.8) is 0 Å². The number of thiazole rings is 1. The molecule has 0 aliphatic heterocycles. The highest BCUT2D eigenvalue weighted by Gasteiger charge is 2.13. The van der Waals surface area contributed by atoms with E-state index in [0.717, 1.165) is 21.0 Å². The van der Waals surface area contributed by atoms with E-state index in [1.807, 2.05) is 35.7 Å². The lowest BCUT2D eigenvalue weighted by Crippen LogP contribution is -2.24. The highest BCUT2D eigenvalue weighted by atomic mass is 32.1. The minimum atomic E-state index is -0.0307. The topological polar surface area (TPSA) is 60.5 Å². The summed E-state index contributed by atoms with van der Waals surface area (Å²) < 4.78 is 10.5. The van der Waals surface area contributed by atoms with Gasteiger partial charge in [-0.3, -0.25) is 4.79 Å². The summed E-state index contributed by atoms with van der Waals surface area (Å²) in [6.07, 6.45) is 0.325. The number of rotatable bonds is 7.